The Morgan fingerprint density at radius 1 is 0.430 bits per heavy atom. The van der Waals surface area contributed by atoms with Gasteiger partial charge in [-0.2, -0.15) is 10.2 Å². The minimum absolute atomic E-state index is 0.274. The minimum Gasteiger partial charge on any atom is -0.379 e. The van der Waals surface area contributed by atoms with E-state index in [9.17, 15) is 0 Å². The lowest BCUT2D eigenvalue weighted by molar-refractivity contribution is 0.0394. The van der Waals surface area contributed by atoms with Gasteiger partial charge in [-0.3, -0.25) is 19.6 Å². The van der Waals surface area contributed by atoms with Crippen molar-refractivity contribution in [3.8, 4) is 22.8 Å². The Morgan fingerprint density at radius 2 is 0.772 bits per heavy atom. The van der Waals surface area contributed by atoms with E-state index in [2.05, 4.69) is 84.9 Å². The predicted octanol–water partition coefficient (Wildman–Crippen LogP) is 8.11. The second kappa shape index (κ2) is 32.6. The van der Waals surface area contributed by atoms with Gasteiger partial charge in [-0.25, -0.2) is 19.9 Å². The standard InChI is InChI=1S/C29H39N9O.C23H26ClN7.C6H14N2O/c1-36-16-18-37(19-17-36)14-12-30-28-26(35-34-25-10-6-3-7-11-25)29(31-13-15-38-20-22-39-23-21-38)33-27(32-28)24-8-4-2-5-9-24;1-30-14-16-31(17-15-30)13-12-25-23-20(29-28-19-10-6-3-7-11-19)21(24)26-22(27-23)18-8-4-2-5-9-18;7-1-2-8-3-5-9-6-4-8/h2-11H,12-23H2,1H3,(H2,30,31,32,33);2-11H,12-17H2,1H3,(H,25,26,27);1-7H2. The molecule has 0 atom stereocenters. The summed E-state index contributed by atoms with van der Waals surface area (Å²) in [6.07, 6.45) is 0. The maximum atomic E-state index is 6.53. The molecule has 6 aromatic rings. The van der Waals surface area contributed by atoms with Crippen LogP contribution in [0.25, 0.3) is 22.8 Å². The summed E-state index contributed by atoms with van der Waals surface area (Å²) in [4.78, 5) is 33.4. The van der Waals surface area contributed by atoms with Crippen molar-refractivity contribution in [1.82, 2.24) is 49.3 Å². The summed E-state index contributed by atoms with van der Waals surface area (Å²) >= 11 is 6.53. The average Bonchev–Trinajstić information content (AvgIpc) is 3.54. The summed E-state index contributed by atoms with van der Waals surface area (Å²) in [5, 5.41) is 28.7. The van der Waals surface area contributed by atoms with Gasteiger partial charge in [-0.15, -0.1) is 10.2 Å². The van der Waals surface area contributed by atoms with Crippen LogP contribution in [0.1, 0.15) is 0 Å². The van der Waals surface area contributed by atoms with Gasteiger partial charge in [-0.05, 0) is 38.4 Å². The Hall–Kier alpha value is -6.43. The summed E-state index contributed by atoms with van der Waals surface area (Å²) in [6, 6.07) is 39.2. The van der Waals surface area contributed by atoms with Crippen LogP contribution < -0.4 is 21.7 Å². The van der Waals surface area contributed by atoms with Crippen molar-refractivity contribution >= 4 is 51.8 Å². The van der Waals surface area contributed by atoms with E-state index in [-0.39, 0.29) is 5.15 Å². The molecule has 420 valence electrons. The van der Waals surface area contributed by atoms with Gasteiger partial charge in [0.15, 0.2) is 45.6 Å². The van der Waals surface area contributed by atoms with Crippen LogP contribution in [0.2, 0.25) is 5.15 Å². The number of nitrogens with zero attached hydrogens (tertiary/aromatic N) is 14. The molecule has 0 aliphatic carbocycles. The second-order valence-corrected chi connectivity index (χ2v) is 20.1. The van der Waals surface area contributed by atoms with Crippen molar-refractivity contribution in [2.45, 2.75) is 0 Å². The molecule has 0 unspecified atom stereocenters. The molecule has 10 rings (SSSR count). The number of halogens is 1. The summed E-state index contributed by atoms with van der Waals surface area (Å²) in [5.74, 6) is 3.18. The first-order valence-electron chi connectivity index (χ1n) is 27.7. The first-order valence-corrected chi connectivity index (χ1v) is 28.1. The van der Waals surface area contributed by atoms with E-state index in [1.54, 1.807) is 0 Å². The quantitative estimate of drug-likeness (QED) is 0.0422. The third-order valence-corrected chi connectivity index (χ3v) is 14.1. The lowest BCUT2D eigenvalue weighted by atomic mass is 10.2. The second-order valence-electron chi connectivity index (χ2n) is 19.7. The van der Waals surface area contributed by atoms with Gasteiger partial charge in [0.2, 0.25) is 0 Å². The number of azo groups is 2. The van der Waals surface area contributed by atoms with Crippen LogP contribution in [-0.2, 0) is 9.47 Å². The molecule has 4 aliphatic heterocycles. The molecule has 4 aliphatic rings. The van der Waals surface area contributed by atoms with Gasteiger partial charge < -0.3 is 41.0 Å². The lowest BCUT2D eigenvalue weighted by Gasteiger charge is -2.32. The number of anilines is 3. The molecule has 0 saturated carbocycles. The number of morpholine rings is 2. The van der Waals surface area contributed by atoms with Crippen LogP contribution in [-0.4, -0.2) is 221 Å². The van der Waals surface area contributed by atoms with E-state index in [0.717, 1.165) is 180 Å². The number of likely N-dealkylation sites (N-methyl/N-ethyl adjacent to an activating group) is 2. The number of ether oxygens (including phenoxy) is 2. The Balaban J connectivity index is 0.000000183. The van der Waals surface area contributed by atoms with Crippen LogP contribution in [0.3, 0.4) is 0 Å². The van der Waals surface area contributed by atoms with Gasteiger partial charge in [0, 0.05) is 142 Å². The van der Waals surface area contributed by atoms with Crippen LogP contribution in [0, 0.1) is 0 Å². The van der Waals surface area contributed by atoms with E-state index in [0.29, 0.717) is 40.5 Å². The molecular weight excluding hydrogens is 1020 g/mol. The summed E-state index contributed by atoms with van der Waals surface area (Å²) in [7, 11) is 4.34. The van der Waals surface area contributed by atoms with Crippen molar-refractivity contribution < 1.29 is 9.47 Å². The summed E-state index contributed by atoms with van der Waals surface area (Å²) < 4.78 is 10.7. The fraction of sp³-hybridized carbons (Fsp3) is 0.448. The molecule has 0 amide bonds. The van der Waals surface area contributed by atoms with Crippen molar-refractivity contribution in [2.24, 2.45) is 26.2 Å². The molecular formula is C58H79ClN18O2. The number of hydrogen-bond acceptors (Lipinski definition) is 20. The monoisotopic (exact) mass is 1090 g/mol. The molecule has 5 N–H and O–H groups in total. The number of rotatable bonds is 20. The van der Waals surface area contributed by atoms with Crippen molar-refractivity contribution in [1.29, 1.82) is 0 Å². The molecule has 2 aromatic heterocycles. The molecule has 0 bridgehead atoms. The number of nitrogens with two attached hydrogens (primary N) is 1. The highest BCUT2D eigenvalue weighted by molar-refractivity contribution is 6.32. The molecule has 20 nitrogen and oxygen atoms in total. The highest BCUT2D eigenvalue weighted by Crippen LogP contribution is 2.36. The van der Waals surface area contributed by atoms with E-state index in [4.69, 9.17) is 41.8 Å². The zero-order chi connectivity index (χ0) is 54.7. The van der Waals surface area contributed by atoms with E-state index in [1.165, 1.54) is 0 Å². The van der Waals surface area contributed by atoms with Gasteiger partial charge >= 0.3 is 0 Å². The van der Waals surface area contributed by atoms with Gasteiger partial charge in [0.05, 0.1) is 37.8 Å². The molecule has 0 radical (unpaired) electrons. The minimum atomic E-state index is 0.274. The van der Waals surface area contributed by atoms with Gasteiger partial charge in [-0.1, -0.05) is 109 Å². The Bertz CT molecular complexity index is 2720. The molecule has 4 fully saturated rings. The van der Waals surface area contributed by atoms with E-state index < -0.39 is 0 Å². The first kappa shape index (κ1) is 58.7. The molecule has 4 saturated heterocycles. The fourth-order valence-corrected chi connectivity index (χ4v) is 9.25. The summed E-state index contributed by atoms with van der Waals surface area (Å²) in [5.41, 5.74) is 9.84. The number of piperazine rings is 2. The fourth-order valence-electron chi connectivity index (χ4n) is 9.05. The molecule has 6 heterocycles. The maximum Gasteiger partial charge on any atom is 0.170 e. The highest BCUT2D eigenvalue weighted by atomic mass is 35.5. The Kier molecular flexibility index (Phi) is 24.2. The van der Waals surface area contributed by atoms with Crippen molar-refractivity contribution in [2.75, 3.05) is 187 Å². The SMILES string of the molecule is CN1CCN(CCNc2nc(-c3ccccc3)nc(Cl)c2N=Nc2ccccc2)CC1.CN1CCN(CCNc2nc(-c3ccccc3)nc(NCCN3CCOCC3)c2N=Nc2ccccc2)CC1.NCCN1CCOCC1. The van der Waals surface area contributed by atoms with Crippen LogP contribution in [0.5, 0.6) is 0 Å². The van der Waals surface area contributed by atoms with Crippen molar-refractivity contribution in [3.63, 3.8) is 0 Å². The van der Waals surface area contributed by atoms with Crippen LogP contribution in [0.15, 0.2) is 142 Å². The number of benzene rings is 4. The third-order valence-electron chi connectivity index (χ3n) is 13.8. The number of aromatic nitrogens is 4. The Morgan fingerprint density at radius 3 is 1.18 bits per heavy atom. The molecule has 79 heavy (non-hydrogen) atoms. The smallest absolute Gasteiger partial charge is 0.170 e. The molecule has 0 spiro atoms. The zero-order valence-corrected chi connectivity index (χ0v) is 46.8. The predicted molar refractivity (Wildman–Crippen MR) is 318 cm³/mol. The lowest BCUT2D eigenvalue weighted by Crippen LogP contribution is -2.45. The Labute approximate surface area is 471 Å². The normalized spacial score (nSPS) is 17.2. The average molecular weight is 1100 g/mol. The topological polar surface area (TPSA) is 201 Å². The maximum absolute atomic E-state index is 6.53. The van der Waals surface area contributed by atoms with Crippen LogP contribution >= 0.6 is 11.6 Å². The number of hydrogen-bond donors (Lipinski definition) is 4. The largest absolute Gasteiger partial charge is 0.379 e. The highest BCUT2D eigenvalue weighted by Gasteiger charge is 2.20. The number of nitrogens with one attached hydrogen (secondary N) is 3. The zero-order valence-electron chi connectivity index (χ0n) is 46.1. The third kappa shape index (κ3) is 19.7. The van der Waals surface area contributed by atoms with Gasteiger partial charge in [0.25, 0.3) is 0 Å². The first-order chi connectivity index (χ1) is 38.9. The van der Waals surface area contributed by atoms with Gasteiger partial charge in [0.1, 0.15) is 0 Å². The van der Waals surface area contributed by atoms with Crippen LogP contribution in [0.4, 0.5) is 40.2 Å². The van der Waals surface area contributed by atoms with E-state index >= 15 is 0 Å². The molecule has 21 heteroatoms. The summed E-state index contributed by atoms with van der Waals surface area (Å²) in [6.45, 7) is 22.7. The molecule has 4 aromatic carbocycles. The van der Waals surface area contributed by atoms with E-state index in [1.807, 2.05) is 121 Å². The van der Waals surface area contributed by atoms with Crippen molar-refractivity contribution in [3.05, 3.63) is 126 Å².